The quantitative estimate of drug-likeness (QED) is 0.483. The number of rotatable bonds is 8. The standard InChI is InChI=1S/C13H20N2O4/c1-18-12-9-10(14)4-5-11(12)15-13(17)3-2-7-19-8-6-16/h4-5,9,16H,2-3,6-8,14H2,1H3,(H,15,17). The summed E-state index contributed by atoms with van der Waals surface area (Å²) in [4.78, 5) is 11.7. The summed E-state index contributed by atoms with van der Waals surface area (Å²) >= 11 is 0. The van der Waals surface area contributed by atoms with Gasteiger partial charge in [0.05, 0.1) is 26.0 Å². The Morgan fingerprint density at radius 2 is 2.21 bits per heavy atom. The van der Waals surface area contributed by atoms with Gasteiger partial charge in [-0.2, -0.15) is 0 Å². The summed E-state index contributed by atoms with van der Waals surface area (Å²) in [6, 6.07) is 5.05. The van der Waals surface area contributed by atoms with E-state index in [0.717, 1.165) is 0 Å². The number of aliphatic hydroxyl groups is 1. The van der Waals surface area contributed by atoms with Gasteiger partial charge in [-0.1, -0.05) is 0 Å². The average Bonchev–Trinajstić information content (AvgIpc) is 2.40. The maximum absolute atomic E-state index is 11.7. The van der Waals surface area contributed by atoms with Crippen molar-refractivity contribution in [2.24, 2.45) is 0 Å². The van der Waals surface area contributed by atoms with Crippen LogP contribution in [-0.2, 0) is 9.53 Å². The van der Waals surface area contributed by atoms with Gasteiger partial charge in [-0.25, -0.2) is 0 Å². The Kier molecular flexibility index (Phi) is 6.70. The second-order valence-corrected chi connectivity index (χ2v) is 3.95. The third-order valence-corrected chi connectivity index (χ3v) is 2.43. The van der Waals surface area contributed by atoms with Crippen molar-refractivity contribution < 1.29 is 19.4 Å². The molecule has 0 bridgehead atoms. The number of nitrogens with two attached hydrogens (primary N) is 1. The van der Waals surface area contributed by atoms with Crippen LogP contribution in [0.2, 0.25) is 0 Å². The number of hydrogen-bond donors (Lipinski definition) is 3. The molecular formula is C13H20N2O4. The molecule has 0 spiro atoms. The number of nitrogen functional groups attached to an aromatic ring is 1. The van der Waals surface area contributed by atoms with Crippen LogP contribution in [0.3, 0.4) is 0 Å². The van der Waals surface area contributed by atoms with Crippen molar-refractivity contribution in [3.63, 3.8) is 0 Å². The van der Waals surface area contributed by atoms with Gasteiger partial charge in [-0.15, -0.1) is 0 Å². The van der Waals surface area contributed by atoms with Crippen LogP contribution >= 0.6 is 0 Å². The molecule has 0 radical (unpaired) electrons. The zero-order valence-corrected chi connectivity index (χ0v) is 11.0. The van der Waals surface area contributed by atoms with Crippen molar-refractivity contribution in [1.29, 1.82) is 0 Å². The summed E-state index contributed by atoms with van der Waals surface area (Å²) in [5.74, 6) is 0.417. The first-order valence-corrected chi connectivity index (χ1v) is 6.09. The van der Waals surface area contributed by atoms with Gasteiger partial charge in [0.15, 0.2) is 0 Å². The number of anilines is 2. The number of methoxy groups -OCH3 is 1. The lowest BCUT2D eigenvalue weighted by Crippen LogP contribution is -2.13. The van der Waals surface area contributed by atoms with Crippen LogP contribution in [0.15, 0.2) is 18.2 Å². The van der Waals surface area contributed by atoms with Crippen molar-refractivity contribution >= 4 is 17.3 Å². The summed E-state index contributed by atoms with van der Waals surface area (Å²) in [6.07, 6.45) is 0.947. The molecule has 0 fully saturated rings. The summed E-state index contributed by atoms with van der Waals surface area (Å²) in [6.45, 7) is 0.745. The Bertz CT molecular complexity index is 410. The summed E-state index contributed by atoms with van der Waals surface area (Å²) < 4.78 is 10.2. The Labute approximate surface area is 112 Å². The van der Waals surface area contributed by atoms with E-state index >= 15 is 0 Å². The van der Waals surface area contributed by atoms with E-state index in [1.165, 1.54) is 7.11 Å². The molecule has 19 heavy (non-hydrogen) atoms. The minimum Gasteiger partial charge on any atom is -0.494 e. The van der Waals surface area contributed by atoms with Gasteiger partial charge in [0.2, 0.25) is 5.91 Å². The lowest BCUT2D eigenvalue weighted by Gasteiger charge is -2.10. The highest BCUT2D eigenvalue weighted by atomic mass is 16.5. The highest BCUT2D eigenvalue weighted by Gasteiger charge is 2.07. The molecule has 1 aromatic rings. The smallest absolute Gasteiger partial charge is 0.224 e. The van der Waals surface area contributed by atoms with E-state index in [4.69, 9.17) is 20.3 Å². The normalized spacial score (nSPS) is 10.2. The molecule has 1 aromatic carbocycles. The maximum Gasteiger partial charge on any atom is 0.224 e. The van der Waals surface area contributed by atoms with Crippen LogP contribution in [0.4, 0.5) is 11.4 Å². The first kappa shape index (κ1) is 15.3. The summed E-state index contributed by atoms with van der Waals surface area (Å²) in [5.41, 5.74) is 6.80. The van der Waals surface area contributed by atoms with Gasteiger partial charge in [0, 0.05) is 24.8 Å². The minimum atomic E-state index is -0.115. The van der Waals surface area contributed by atoms with Crippen molar-refractivity contribution in [1.82, 2.24) is 0 Å². The number of carbonyl (C=O) groups is 1. The van der Waals surface area contributed by atoms with Gasteiger partial charge >= 0.3 is 0 Å². The fraction of sp³-hybridized carbons (Fsp3) is 0.462. The Balaban J connectivity index is 2.39. The highest BCUT2D eigenvalue weighted by Crippen LogP contribution is 2.26. The van der Waals surface area contributed by atoms with Gasteiger partial charge < -0.3 is 25.6 Å². The van der Waals surface area contributed by atoms with Gasteiger partial charge in [0.1, 0.15) is 5.75 Å². The number of nitrogens with one attached hydrogen (secondary N) is 1. The fourth-order valence-corrected chi connectivity index (χ4v) is 1.53. The number of ether oxygens (including phenoxy) is 2. The lowest BCUT2D eigenvalue weighted by atomic mass is 10.2. The highest BCUT2D eigenvalue weighted by molar-refractivity contribution is 5.92. The van der Waals surface area contributed by atoms with Crippen molar-refractivity contribution in [2.45, 2.75) is 12.8 Å². The summed E-state index contributed by atoms with van der Waals surface area (Å²) in [7, 11) is 1.52. The number of carbonyl (C=O) groups excluding carboxylic acids is 1. The second kappa shape index (κ2) is 8.34. The molecule has 0 heterocycles. The van der Waals surface area contributed by atoms with E-state index in [1.54, 1.807) is 18.2 Å². The molecule has 0 saturated heterocycles. The predicted octanol–water partition coefficient (Wildman–Crippen LogP) is 1.00. The van der Waals surface area contributed by atoms with E-state index < -0.39 is 0 Å². The van der Waals surface area contributed by atoms with Crippen LogP contribution in [0.5, 0.6) is 5.75 Å². The molecule has 0 unspecified atom stereocenters. The lowest BCUT2D eigenvalue weighted by molar-refractivity contribution is -0.116. The van der Waals surface area contributed by atoms with Crippen molar-refractivity contribution in [3.8, 4) is 5.75 Å². The largest absolute Gasteiger partial charge is 0.494 e. The van der Waals surface area contributed by atoms with E-state index in [1.807, 2.05) is 0 Å². The Morgan fingerprint density at radius 1 is 1.42 bits per heavy atom. The van der Waals surface area contributed by atoms with Crippen LogP contribution in [0, 0.1) is 0 Å². The molecule has 0 saturated carbocycles. The molecule has 0 aliphatic carbocycles. The fourth-order valence-electron chi connectivity index (χ4n) is 1.53. The molecule has 0 aliphatic rings. The van der Waals surface area contributed by atoms with E-state index in [9.17, 15) is 4.79 Å². The summed E-state index contributed by atoms with van der Waals surface area (Å²) in [5, 5.41) is 11.3. The van der Waals surface area contributed by atoms with Crippen LogP contribution in [0.1, 0.15) is 12.8 Å². The van der Waals surface area contributed by atoms with Crippen molar-refractivity contribution in [2.75, 3.05) is 38.0 Å². The van der Waals surface area contributed by atoms with Crippen LogP contribution < -0.4 is 15.8 Å². The van der Waals surface area contributed by atoms with Crippen LogP contribution in [-0.4, -0.2) is 37.9 Å². The van der Waals surface area contributed by atoms with Gasteiger partial charge in [-0.3, -0.25) is 4.79 Å². The van der Waals surface area contributed by atoms with Gasteiger partial charge in [-0.05, 0) is 18.6 Å². The molecule has 0 atom stereocenters. The molecule has 6 heteroatoms. The molecule has 0 aliphatic heterocycles. The molecule has 1 amide bonds. The monoisotopic (exact) mass is 268 g/mol. The first-order valence-electron chi connectivity index (χ1n) is 6.09. The molecule has 0 aromatic heterocycles. The van der Waals surface area contributed by atoms with Crippen molar-refractivity contribution in [3.05, 3.63) is 18.2 Å². The topological polar surface area (TPSA) is 93.8 Å². The second-order valence-electron chi connectivity index (χ2n) is 3.95. The Hall–Kier alpha value is -1.79. The number of hydrogen-bond acceptors (Lipinski definition) is 5. The number of aliphatic hydroxyl groups excluding tert-OH is 1. The van der Waals surface area contributed by atoms with E-state index in [0.29, 0.717) is 43.2 Å². The molecule has 4 N–H and O–H groups in total. The number of benzene rings is 1. The minimum absolute atomic E-state index is 0.00513. The van der Waals surface area contributed by atoms with Crippen LogP contribution in [0.25, 0.3) is 0 Å². The molecule has 6 nitrogen and oxygen atoms in total. The molecular weight excluding hydrogens is 248 g/mol. The van der Waals surface area contributed by atoms with E-state index in [-0.39, 0.29) is 12.5 Å². The molecule has 106 valence electrons. The zero-order chi connectivity index (χ0) is 14.1. The third kappa shape index (κ3) is 5.58. The zero-order valence-electron chi connectivity index (χ0n) is 11.0. The first-order chi connectivity index (χ1) is 9.17. The Morgan fingerprint density at radius 3 is 2.89 bits per heavy atom. The SMILES string of the molecule is COc1cc(N)ccc1NC(=O)CCCOCCO. The molecule has 1 rings (SSSR count). The number of amides is 1. The van der Waals surface area contributed by atoms with E-state index in [2.05, 4.69) is 5.32 Å². The van der Waals surface area contributed by atoms with Gasteiger partial charge in [0.25, 0.3) is 0 Å². The predicted molar refractivity (Wildman–Crippen MR) is 73.2 cm³/mol. The maximum atomic E-state index is 11.7. The third-order valence-electron chi connectivity index (χ3n) is 2.43. The average molecular weight is 268 g/mol.